The Bertz CT molecular complexity index is 2550. The van der Waals surface area contributed by atoms with E-state index in [0.717, 1.165) is 61.8 Å². The van der Waals surface area contributed by atoms with E-state index in [1.165, 1.54) is 15.0 Å². The molecule has 16 nitrogen and oxygen atoms in total. The largest absolute Gasteiger partial charge is 0.391 e. The van der Waals surface area contributed by atoms with Gasteiger partial charge in [0, 0.05) is 75.3 Å². The topological polar surface area (TPSA) is 195 Å². The molecule has 0 aliphatic carbocycles. The fourth-order valence-corrected chi connectivity index (χ4v) is 10.0. The molecule has 0 saturated carbocycles. The van der Waals surface area contributed by atoms with E-state index in [0.29, 0.717) is 70.8 Å². The minimum Gasteiger partial charge on any atom is -0.391 e. The number of hydrogen-bond acceptors (Lipinski definition) is 11. The summed E-state index contributed by atoms with van der Waals surface area (Å²) in [6.45, 7) is 6.21. The number of carbonyl (C=O) groups is 2. The number of likely N-dealkylation sites (tertiary alicyclic amines) is 1. The predicted molar refractivity (Wildman–Crippen MR) is 224 cm³/mol. The number of imide groups is 1. The molecule has 17 heteroatoms. The Balaban J connectivity index is 0.840. The molecule has 6 heterocycles. The van der Waals surface area contributed by atoms with Crippen LogP contribution in [0.4, 0.5) is 16.6 Å². The van der Waals surface area contributed by atoms with E-state index in [2.05, 4.69) is 55.7 Å². The zero-order valence-electron chi connectivity index (χ0n) is 33.6. The van der Waals surface area contributed by atoms with Crippen molar-refractivity contribution in [2.75, 3.05) is 49.5 Å². The first kappa shape index (κ1) is 40.2. The van der Waals surface area contributed by atoms with E-state index in [1.807, 2.05) is 29.6 Å². The molecule has 0 bridgehead atoms. The molecule has 0 radical (unpaired) electrons. The molecule has 3 aliphatic heterocycles. The monoisotopic (exact) mass is 819 g/mol. The highest BCUT2D eigenvalue weighted by Gasteiger charge is 2.30. The van der Waals surface area contributed by atoms with Gasteiger partial charge >= 0.3 is 6.03 Å². The Kier molecular flexibility index (Phi) is 11.6. The standard InChI is InChI=1S/C42H49N11O5S/c1-26(24-51-13-8-27(9-14-51)28-5-7-35-36(21-28)50(3)48-39(35)53-17-12-37(55)46-42(53)57)18-30-20-34(6-4-29(30)22-43)59(58)52-15-10-33(11-16-52)45-41-44-23-31-19-32(25-54)40(56)49(2)38(31)47-41/h4-7,19-21,23,26-27,33,54H,8-18,24-25H2,1-3H3,(H,44,45,47)(H,46,55,57). The van der Waals surface area contributed by atoms with Gasteiger partial charge in [0.15, 0.2) is 5.82 Å². The van der Waals surface area contributed by atoms with Crippen LogP contribution in [0, 0.1) is 17.2 Å². The lowest BCUT2D eigenvalue weighted by Gasteiger charge is -2.34. The summed E-state index contributed by atoms with van der Waals surface area (Å²) < 4.78 is 19.0. The average molecular weight is 820 g/mol. The number of nitriles is 1. The summed E-state index contributed by atoms with van der Waals surface area (Å²) in [6.07, 6.45) is 6.11. The first-order valence-corrected chi connectivity index (χ1v) is 21.3. The number of nitrogens with zero attached hydrogens (tertiary/aromatic N) is 9. The molecular formula is C42H49N11O5S. The van der Waals surface area contributed by atoms with Crippen LogP contribution in [0.1, 0.15) is 67.2 Å². The summed E-state index contributed by atoms with van der Waals surface area (Å²) in [7, 11) is 2.13. The Morgan fingerprint density at radius 1 is 1.00 bits per heavy atom. The number of rotatable bonds is 11. The highest BCUT2D eigenvalue weighted by atomic mass is 32.2. The van der Waals surface area contributed by atoms with Crippen LogP contribution >= 0.6 is 0 Å². The van der Waals surface area contributed by atoms with Crippen LogP contribution in [0.2, 0.25) is 0 Å². The second-order valence-corrected chi connectivity index (χ2v) is 17.5. The van der Waals surface area contributed by atoms with Gasteiger partial charge in [-0.2, -0.15) is 15.3 Å². The minimum absolute atomic E-state index is 0.0695. The first-order valence-electron chi connectivity index (χ1n) is 20.2. The van der Waals surface area contributed by atoms with Crippen LogP contribution in [0.3, 0.4) is 0 Å². The Morgan fingerprint density at radius 3 is 2.51 bits per heavy atom. The van der Waals surface area contributed by atoms with Gasteiger partial charge in [-0.15, -0.1) is 0 Å². The average Bonchev–Trinajstić information content (AvgIpc) is 3.57. The van der Waals surface area contributed by atoms with E-state index in [4.69, 9.17) is 0 Å². The molecule has 0 spiro atoms. The minimum atomic E-state index is -1.38. The molecule has 3 aromatic heterocycles. The number of carbonyl (C=O) groups excluding carboxylic acids is 2. The number of piperidine rings is 2. The number of aromatic nitrogens is 5. The van der Waals surface area contributed by atoms with Crippen molar-refractivity contribution in [2.45, 2.75) is 68.9 Å². The van der Waals surface area contributed by atoms with Crippen LogP contribution in [-0.2, 0) is 42.9 Å². The Labute approximate surface area is 344 Å². The van der Waals surface area contributed by atoms with Gasteiger partial charge in [0.05, 0.1) is 28.7 Å². The number of nitrogens with one attached hydrogen (secondary N) is 2. The molecule has 3 aliphatic rings. The zero-order valence-corrected chi connectivity index (χ0v) is 34.4. The van der Waals surface area contributed by atoms with Crippen molar-refractivity contribution in [2.24, 2.45) is 20.0 Å². The van der Waals surface area contributed by atoms with Crippen molar-refractivity contribution >= 4 is 56.6 Å². The smallest absolute Gasteiger partial charge is 0.329 e. The fourth-order valence-electron chi connectivity index (χ4n) is 8.76. The van der Waals surface area contributed by atoms with E-state index in [-0.39, 0.29) is 36.5 Å². The molecular weight excluding hydrogens is 771 g/mol. The molecule has 2 atom stereocenters. The van der Waals surface area contributed by atoms with E-state index < -0.39 is 17.0 Å². The number of aliphatic hydroxyl groups excluding tert-OH is 1. The van der Waals surface area contributed by atoms with Crippen molar-refractivity contribution < 1.29 is 18.9 Å². The quantitative estimate of drug-likeness (QED) is 0.176. The lowest BCUT2D eigenvalue weighted by atomic mass is 9.88. The summed E-state index contributed by atoms with van der Waals surface area (Å²) in [5, 5.41) is 31.4. The SMILES string of the molecule is CC(Cc1cc(S(=O)N2CCC(Nc3ncc4cc(CO)c(=O)n(C)c4n3)CC2)ccc1C#N)CN1CCC(c2ccc3c(N4CCC(=O)NC4=O)nn(C)c3c2)CC1. The number of fused-ring (bicyclic) bond motifs is 2. The number of amides is 3. The molecule has 59 heavy (non-hydrogen) atoms. The van der Waals surface area contributed by atoms with Crippen LogP contribution in [0.15, 0.2) is 58.4 Å². The van der Waals surface area contributed by atoms with Crippen LogP contribution in [-0.4, -0.2) is 100 Å². The molecule has 308 valence electrons. The number of hydrogen-bond donors (Lipinski definition) is 3. The van der Waals surface area contributed by atoms with Crippen LogP contribution in [0.25, 0.3) is 21.9 Å². The normalized spacial score (nSPS) is 18.6. The van der Waals surface area contributed by atoms with Gasteiger partial charge in [0.2, 0.25) is 11.9 Å². The van der Waals surface area contributed by atoms with Crippen LogP contribution in [0.5, 0.6) is 0 Å². The summed E-state index contributed by atoms with van der Waals surface area (Å²) in [4.78, 5) is 50.4. The summed E-state index contributed by atoms with van der Waals surface area (Å²) in [6, 6.07) is 15.5. The highest BCUT2D eigenvalue weighted by Crippen LogP contribution is 2.34. The molecule has 5 aromatic rings. The van der Waals surface area contributed by atoms with Crippen molar-refractivity contribution in [3.8, 4) is 6.07 Å². The Hall–Kier alpha value is -5.54. The maximum atomic E-state index is 13.8. The summed E-state index contributed by atoms with van der Waals surface area (Å²) >= 11 is 0. The van der Waals surface area contributed by atoms with Gasteiger partial charge in [0.25, 0.3) is 5.56 Å². The summed E-state index contributed by atoms with van der Waals surface area (Å²) in [5.41, 5.74) is 4.24. The third-order valence-corrected chi connectivity index (χ3v) is 13.5. The highest BCUT2D eigenvalue weighted by molar-refractivity contribution is 7.82. The predicted octanol–water partition coefficient (Wildman–Crippen LogP) is 3.68. The molecule has 3 amide bonds. The maximum Gasteiger partial charge on any atom is 0.329 e. The molecule has 2 aromatic carbocycles. The van der Waals surface area contributed by atoms with Crippen molar-refractivity contribution in [3.05, 3.63) is 81.3 Å². The van der Waals surface area contributed by atoms with Gasteiger partial charge in [-0.05, 0) is 105 Å². The third kappa shape index (κ3) is 8.35. The first-order chi connectivity index (χ1) is 28.5. The Morgan fingerprint density at radius 2 is 1.78 bits per heavy atom. The van der Waals surface area contributed by atoms with Crippen molar-refractivity contribution in [3.63, 3.8) is 0 Å². The molecule has 8 rings (SSSR count). The van der Waals surface area contributed by atoms with Crippen molar-refractivity contribution in [1.82, 2.24) is 38.8 Å². The molecule has 3 fully saturated rings. The van der Waals surface area contributed by atoms with E-state index in [9.17, 15) is 29.0 Å². The third-order valence-electron chi connectivity index (χ3n) is 12.0. The second kappa shape index (κ2) is 17.0. The number of aryl methyl sites for hydroxylation is 2. The van der Waals surface area contributed by atoms with Gasteiger partial charge in [-0.1, -0.05) is 13.0 Å². The number of anilines is 2. The van der Waals surface area contributed by atoms with Gasteiger partial charge in [0.1, 0.15) is 16.6 Å². The van der Waals surface area contributed by atoms with Gasteiger partial charge in [-0.25, -0.2) is 18.3 Å². The molecule has 3 N–H and O–H groups in total. The number of pyridine rings is 1. The lowest BCUT2D eigenvalue weighted by molar-refractivity contribution is -0.120. The van der Waals surface area contributed by atoms with Crippen molar-refractivity contribution in [1.29, 1.82) is 5.26 Å². The number of urea groups is 1. The number of benzene rings is 2. The van der Waals surface area contributed by atoms with E-state index in [1.54, 1.807) is 30.1 Å². The van der Waals surface area contributed by atoms with Crippen LogP contribution < -0.4 is 21.1 Å². The van der Waals surface area contributed by atoms with E-state index >= 15 is 0 Å². The second-order valence-electron chi connectivity index (χ2n) is 16.1. The lowest BCUT2D eigenvalue weighted by Crippen LogP contribution is -2.49. The molecule has 2 unspecified atom stereocenters. The number of aliphatic hydroxyl groups is 1. The van der Waals surface area contributed by atoms with Gasteiger partial charge < -0.3 is 15.3 Å². The molecule has 3 saturated heterocycles. The maximum absolute atomic E-state index is 13.8. The summed E-state index contributed by atoms with van der Waals surface area (Å²) in [5.74, 6) is 1.41. The van der Waals surface area contributed by atoms with Gasteiger partial charge in [-0.3, -0.25) is 29.1 Å². The fraction of sp³-hybridized carbons (Fsp3) is 0.452. The zero-order chi connectivity index (χ0) is 41.4.